The van der Waals surface area contributed by atoms with E-state index in [1.807, 2.05) is 4.90 Å². The van der Waals surface area contributed by atoms with Crippen molar-refractivity contribution in [2.75, 3.05) is 37.7 Å². The van der Waals surface area contributed by atoms with Crippen LogP contribution in [0.15, 0.2) is 0 Å². The minimum absolute atomic E-state index is 0.110. The third-order valence-electron chi connectivity index (χ3n) is 3.48. The zero-order chi connectivity index (χ0) is 11.8. The summed E-state index contributed by atoms with van der Waals surface area (Å²) in [6.07, 6.45) is 0.752. The maximum absolute atomic E-state index is 11.4. The van der Waals surface area contributed by atoms with Crippen LogP contribution < -0.4 is 0 Å². The first-order chi connectivity index (χ1) is 7.48. The molecule has 0 aliphatic carbocycles. The molecular formula is C10H18N2O3S. The van der Waals surface area contributed by atoms with Gasteiger partial charge < -0.3 is 4.90 Å². The molecule has 2 saturated heterocycles. The van der Waals surface area contributed by atoms with Crippen LogP contribution >= 0.6 is 0 Å². The quantitative estimate of drug-likeness (QED) is 0.616. The Balaban J connectivity index is 1.88. The number of carbonyl (C=O) groups is 1. The van der Waals surface area contributed by atoms with Crippen LogP contribution in [0.25, 0.3) is 0 Å². The topological polar surface area (TPSA) is 57.7 Å². The molecule has 2 aliphatic rings. The molecule has 2 rings (SSSR count). The van der Waals surface area contributed by atoms with Gasteiger partial charge in [0.1, 0.15) is 0 Å². The maximum atomic E-state index is 11.4. The van der Waals surface area contributed by atoms with E-state index in [1.165, 1.54) is 0 Å². The second-order valence-corrected chi connectivity index (χ2v) is 6.83. The Kier molecular flexibility index (Phi) is 3.21. The third kappa shape index (κ3) is 2.55. The van der Waals surface area contributed by atoms with Crippen LogP contribution in [0.4, 0.5) is 0 Å². The smallest absolute Gasteiger partial charge is 0.219 e. The van der Waals surface area contributed by atoms with E-state index in [0.717, 1.165) is 32.6 Å². The molecule has 0 bridgehead atoms. The van der Waals surface area contributed by atoms with Crippen LogP contribution in [-0.2, 0) is 14.6 Å². The maximum Gasteiger partial charge on any atom is 0.219 e. The highest BCUT2D eigenvalue weighted by atomic mass is 32.2. The molecule has 5 nitrogen and oxygen atoms in total. The minimum Gasteiger partial charge on any atom is -0.340 e. The van der Waals surface area contributed by atoms with E-state index in [1.54, 1.807) is 6.92 Å². The Bertz CT molecular complexity index is 372. The van der Waals surface area contributed by atoms with Gasteiger partial charge >= 0.3 is 0 Å². The van der Waals surface area contributed by atoms with Crippen molar-refractivity contribution in [3.05, 3.63) is 0 Å². The summed E-state index contributed by atoms with van der Waals surface area (Å²) in [5.74, 6) is 0.733. The molecule has 0 spiro atoms. The van der Waals surface area contributed by atoms with Gasteiger partial charge in [-0.25, -0.2) is 8.42 Å². The van der Waals surface area contributed by atoms with Gasteiger partial charge in [-0.2, -0.15) is 0 Å². The van der Waals surface area contributed by atoms with E-state index in [4.69, 9.17) is 0 Å². The number of hydrogen-bond acceptors (Lipinski definition) is 4. The first-order valence-corrected chi connectivity index (χ1v) is 7.50. The van der Waals surface area contributed by atoms with Crippen LogP contribution in [0, 0.1) is 0 Å². The molecule has 2 aliphatic heterocycles. The zero-order valence-corrected chi connectivity index (χ0v) is 10.4. The molecular weight excluding hydrogens is 228 g/mol. The fraction of sp³-hybridized carbons (Fsp3) is 0.900. The second kappa shape index (κ2) is 4.33. The summed E-state index contributed by atoms with van der Waals surface area (Å²) in [7, 11) is -2.80. The highest BCUT2D eigenvalue weighted by Crippen LogP contribution is 2.19. The summed E-state index contributed by atoms with van der Waals surface area (Å²) in [6, 6.07) is 0.180. The van der Waals surface area contributed by atoms with E-state index in [9.17, 15) is 13.2 Å². The average Bonchev–Trinajstić information content (AvgIpc) is 2.59. The molecule has 0 saturated carbocycles. The van der Waals surface area contributed by atoms with Crippen LogP contribution in [0.3, 0.4) is 0 Å². The van der Waals surface area contributed by atoms with Gasteiger partial charge in [-0.1, -0.05) is 0 Å². The predicted octanol–water partition coefficient (Wildman–Crippen LogP) is -0.662. The van der Waals surface area contributed by atoms with Crippen LogP contribution in [-0.4, -0.2) is 67.9 Å². The minimum atomic E-state index is -2.80. The highest BCUT2D eigenvalue weighted by molar-refractivity contribution is 7.91. The van der Waals surface area contributed by atoms with Crippen molar-refractivity contribution < 1.29 is 13.2 Å². The molecule has 1 atom stereocenters. The summed E-state index contributed by atoms with van der Waals surface area (Å²) in [5, 5.41) is 0. The van der Waals surface area contributed by atoms with Crippen molar-refractivity contribution in [1.82, 2.24) is 9.80 Å². The first kappa shape index (κ1) is 11.9. The van der Waals surface area contributed by atoms with Crippen molar-refractivity contribution in [2.45, 2.75) is 19.4 Å². The van der Waals surface area contributed by atoms with Gasteiger partial charge in [0.25, 0.3) is 0 Å². The lowest BCUT2D eigenvalue weighted by molar-refractivity contribution is -0.130. The Labute approximate surface area is 96.3 Å². The standard InChI is InChI=1S/C10H18N2O3S/c1-9(13)11-3-5-12(6-4-11)10-2-7-16(14,15)8-10/h10H,2-8H2,1H3. The fourth-order valence-electron chi connectivity index (χ4n) is 2.47. The second-order valence-electron chi connectivity index (χ2n) is 4.60. The Morgan fingerprint density at radius 1 is 1.19 bits per heavy atom. The fourth-order valence-corrected chi connectivity index (χ4v) is 4.23. The van der Waals surface area contributed by atoms with Crippen LogP contribution in [0.5, 0.6) is 0 Å². The van der Waals surface area contributed by atoms with Crippen molar-refractivity contribution >= 4 is 15.7 Å². The molecule has 0 aromatic heterocycles. The molecule has 0 aromatic rings. The van der Waals surface area contributed by atoms with Crippen LogP contribution in [0.1, 0.15) is 13.3 Å². The summed E-state index contributed by atoms with van der Waals surface area (Å²) in [5.41, 5.74) is 0. The number of hydrogen-bond donors (Lipinski definition) is 0. The van der Waals surface area contributed by atoms with Crippen molar-refractivity contribution in [1.29, 1.82) is 0 Å². The van der Waals surface area contributed by atoms with E-state index in [0.29, 0.717) is 11.5 Å². The third-order valence-corrected chi connectivity index (χ3v) is 5.23. The number of sulfone groups is 1. The molecule has 16 heavy (non-hydrogen) atoms. The van der Waals surface area contributed by atoms with Crippen LogP contribution in [0.2, 0.25) is 0 Å². The molecule has 0 N–H and O–H groups in total. The van der Waals surface area contributed by atoms with Crippen molar-refractivity contribution in [2.24, 2.45) is 0 Å². The van der Waals surface area contributed by atoms with E-state index in [2.05, 4.69) is 4.90 Å². The molecule has 6 heteroatoms. The predicted molar refractivity (Wildman–Crippen MR) is 60.9 cm³/mol. The normalized spacial score (nSPS) is 30.6. The average molecular weight is 246 g/mol. The Morgan fingerprint density at radius 3 is 2.25 bits per heavy atom. The largest absolute Gasteiger partial charge is 0.340 e. The van der Waals surface area contributed by atoms with E-state index < -0.39 is 9.84 Å². The number of carbonyl (C=O) groups excluding carboxylic acids is 1. The van der Waals surface area contributed by atoms with Gasteiger partial charge in [0, 0.05) is 39.1 Å². The molecule has 2 fully saturated rings. The molecule has 1 amide bonds. The summed E-state index contributed by atoms with van der Waals surface area (Å²) in [4.78, 5) is 15.2. The Morgan fingerprint density at radius 2 is 1.81 bits per heavy atom. The highest BCUT2D eigenvalue weighted by Gasteiger charge is 2.33. The van der Waals surface area contributed by atoms with E-state index in [-0.39, 0.29) is 11.9 Å². The van der Waals surface area contributed by atoms with Crippen molar-refractivity contribution in [3.8, 4) is 0 Å². The van der Waals surface area contributed by atoms with Crippen molar-refractivity contribution in [3.63, 3.8) is 0 Å². The lowest BCUT2D eigenvalue weighted by Gasteiger charge is -2.37. The zero-order valence-electron chi connectivity index (χ0n) is 9.55. The van der Waals surface area contributed by atoms with Gasteiger partial charge in [0.15, 0.2) is 9.84 Å². The molecule has 1 unspecified atom stereocenters. The summed E-state index contributed by atoms with van der Waals surface area (Å²) < 4.78 is 22.7. The summed E-state index contributed by atoms with van der Waals surface area (Å²) >= 11 is 0. The van der Waals surface area contributed by atoms with E-state index >= 15 is 0 Å². The van der Waals surface area contributed by atoms with Gasteiger partial charge in [0.2, 0.25) is 5.91 Å². The number of piperazine rings is 1. The number of rotatable bonds is 1. The van der Waals surface area contributed by atoms with Gasteiger partial charge in [-0.15, -0.1) is 0 Å². The number of nitrogens with zero attached hydrogens (tertiary/aromatic N) is 2. The molecule has 0 radical (unpaired) electrons. The van der Waals surface area contributed by atoms with Gasteiger partial charge in [-0.05, 0) is 6.42 Å². The molecule has 92 valence electrons. The molecule has 0 aromatic carbocycles. The molecule has 2 heterocycles. The SMILES string of the molecule is CC(=O)N1CCN(C2CCS(=O)(=O)C2)CC1. The monoisotopic (exact) mass is 246 g/mol. The number of amides is 1. The van der Waals surface area contributed by atoms with Gasteiger partial charge in [0.05, 0.1) is 11.5 Å². The lowest BCUT2D eigenvalue weighted by Crippen LogP contribution is -2.51. The first-order valence-electron chi connectivity index (χ1n) is 5.68. The summed E-state index contributed by atoms with van der Waals surface area (Å²) in [6.45, 7) is 4.65. The lowest BCUT2D eigenvalue weighted by atomic mass is 10.2. The Hall–Kier alpha value is -0.620. The van der Waals surface area contributed by atoms with Gasteiger partial charge in [-0.3, -0.25) is 9.69 Å².